The SMILES string of the molecule is COCCCNCc1cc(Cl)ccc1OCc1ccc(C)cc1. The number of ether oxygens (including phenoxy) is 2. The molecule has 2 aromatic rings. The van der Waals surface area contributed by atoms with Crippen LogP contribution in [-0.4, -0.2) is 20.3 Å². The molecule has 23 heavy (non-hydrogen) atoms. The summed E-state index contributed by atoms with van der Waals surface area (Å²) in [5.74, 6) is 0.870. The van der Waals surface area contributed by atoms with Gasteiger partial charge >= 0.3 is 0 Å². The molecule has 0 fully saturated rings. The quantitative estimate of drug-likeness (QED) is 0.692. The minimum Gasteiger partial charge on any atom is -0.489 e. The molecule has 0 radical (unpaired) electrons. The summed E-state index contributed by atoms with van der Waals surface area (Å²) >= 11 is 6.11. The first-order valence-corrected chi connectivity index (χ1v) is 8.23. The van der Waals surface area contributed by atoms with E-state index in [0.29, 0.717) is 6.61 Å². The van der Waals surface area contributed by atoms with E-state index in [-0.39, 0.29) is 0 Å². The van der Waals surface area contributed by atoms with Gasteiger partial charge in [-0.05, 0) is 43.7 Å². The van der Waals surface area contributed by atoms with Crippen molar-refractivity contribution in [2.45, 2.75) is 26.5 Å². The second-order valence-corrected chi connectivity index (χ2v) is 5.99. The van der Waals surface area contributed by atoms with E-state index >= 15 is 0 Å². The molecule has 2 aromatic carbocycles. The summed E-state index contributed by atoms with van der Waals surface area (Å²) in [4.78, 5) is 0. The predicted octanol–water partition coefficient (Wildman–Crippen LogP) is 4.35. The van der Waals surface area contributed by atoms with Crippen LogP contribution in [-0.2, 0) is 17.9 Å². The standard InChI is InChI=1S/C19H24ClNO2/c1-15-4-6-16(7-5-15)14-23-19-9-8-18(20)12-17(19)13-21-10-3-11-22-2/h4-9,12,21H,3,10-11,13-14H2,1-2H3. The summed E-state index contributed by atoms with van der Waals surface area (Å²) in [5, 5.41) is 4.11. The van der Waals surface area contributed by atoms with Crippen LogP contribution in [0.3, 0.4) is 0 Å². The van der Waals surface area contributed by atoms with Crippen molar-refractivity contribution in [2.24, 2.45) is 0 Å². The maximum absolute atomic E-state index is 6.11. The van der Waals surface area contributed by atoms with Crippen molar-refractivity contribution in [3.63, 3.8) is 0 Å². The Balaban J connectivity index is 1.93. The van der Waals surface area contributed by atoms with E-state index in [1.165, 1.54) is 5.56 Å². The van der Waals surface area contributed by atoms with Crippen LogP contribution in [0.15, 0.2) is 42.5 Å². The fourth-order valence-corrected chi connectivity index (χ4v) is 2.43. The summed E-state index contributed by atoms with van der Waals surface area (Å²) in [6.07, 6.45) is 0.983. The highest BCUT2D eigenvalue weighted by Gasteiger charge is 2.05. The zero-order chi connectivity index (χ0) is 16.5. The number of halogens is 1. The Labute approximate surface area is 143 Å². The largest absolute Gasteiger partial charge is 0.489 e. The van der Waals surface area contributed by atoms with E-state index in [1.807, 2.05) is 18.2 Å². The maximum Gasteiger partial charge on any atom is 0.124 e. The van der Waals surface area contributed by atoms with Gasteiger partial charge in [-0.25, -0.2) is 0 Å². The molecule has 0 aromatic heterocycles. The second kappa shape index (κ2) is 9.56. The smallest absolute Gasteiger partial charge is 0.124 e. The molecule has 2 rings (SSSR count). The molecular formula is C19H24ClNO2. The minimum absolute atomic E-state index is 0.554. The lowest BCUT2D eigenvalue weighted by Gasteiger charge is -2.13. The van der Waals surface area contributed by atoms with Crippen LogP contribution in [0.5, 0.6) is 5.75 Å². The molecule has 0 aliphatic carbocycles. The highest BCUT2D eigenvalue weighted by molar-refractivity contribution is 6.30. The molecule has 0 atom stereocenters. The molecule has 124 valence electrons. The first-order chi connectivity index (χ1) is 11.2. The topological polar surface area (TPSA) is 30.5 Å². The third-order valence-electron chi connectivity index (χ3n) is 3.55. The lowest BCUT2D eigenvalue weighted by Crippen LogP contribution is -2.16. The molecule has 3 nitrogen and oxygen atoms in total. The molecule has 0 bridgehead atoms. The van der Waals surface area contributed by atoms with Gasteiger partial charge in [0.15, 0.2) is 0 Å². The Morgan fingerprint density at radius 1 is 1.09 bits per heavy atom. The van der Waals surface area contributed by atoms with E-state index in [1.54, 1.807) is 7.11 Å². The summed E-state index contributed by atoms with van der Waals surface area (Å²) in [6, 6.07) is 14.1. The van der Waals surface area contributed by atoms with Gasteiger partial charge in [-0.1, -0.05) is 41.4 Å². The van der Waals surface area contributed by atoms with Crippen molar-refractivity contribution >= 4 is 11.6 Å². The summed E-state index contributed by atoms with van der Waals surface area (Å²) in [7, 11) is 1.72. The molecule has 0 saturated heterocycles. The van der Waals surface area contributed by atoms with Crippen LogP contribution in [0.2, 0.25) is 5.02 Å². The van der Waals surface area contributed by atoms with E-state index in [2.05, 4.69) is 36.5 Å². The van der Waals surface area contributed by atoms with Gasteiger partial charge in [0, 0.05) is 30.8 Å². The second-order valence-electron chi connectivity index (χ2n) is 5.55. The molecule has 0 unspecified atom stereocenters. The fraction of sp³-hybridized carbons (Fsp3) is 0.368. The Morgan fingerprint density at radius 2 is 1.87 bits per heavy atom. The maximum atomic E-state index is 6.11. The zero-order valence-corrected chi connectivity index (χ0v) is 14.5. The van der Waals surface area contributed by atoms with Crippen molar-refractivity contribution in [1.29, 1.82) is 0 Å². The Kier molecular flexibility index (Phi) is 7.40. The molecule has 0 saturated carbocycles. The van der Waals surface area contributed by atoms with Crippen LogP contribution < -0.4 is 10.1 Å². The number of rotatable bonds is 9. The zero-order valence-electron chi connectivity index (χ0n) is 13.8. The number of benzene rings is 2. The molecule has 0 heterocycles. The van der Waals surface area contributed by atoms with E-state index in [4.69, 9.17) is 21.1 Å². The van der Waals surface area contributed by atoms with E-state index < -0.39 is 0 Å². The predicted molar refractivity (Wildman–Crippen MR) is 95.2 cm³/mol. The third kappa shape index (κ3) is 6.22. The number of methoxy groups -OCH3 is 1. The van der Waals surface area contributed by atoms with Gasteiger partial charge in [0.1, 0.15) is 12.4 Å². The number of nitrogens with one attached hydrogen (secondary N) is 1. The Bertz CT molecular complexity index is 599. The molecule has 0 aliphatic heterocycles. The number of aryl methyl sites for hydroxylation is 1. The van der Waals surface area contributed by atoms with Gasteiger partial charge in [0.05, 0.1) is 0 Å². The molecule has 0 amide bonds. The molecular weight excluding hydrogens is 310 g/mol. The average molecular weight is 334 g/mol. The van der Waals surface area contributed by atoms with Crippen molar-refractivity contribution in [2.75, 3.05) is 20.3 Å². The van der Waals surface area contributed by atoms with Crippen molar-refractivity contribution in [3.05, 3.63) is 64.2 Å². The molecule has 4 heteroatoms. The molecule has 0 aliphatic rings. The van der Waals surface area contributed by atoms with Crippen molar-refractivity contribution < 1.29 is 9.47 Å². The van der Waals surface area contributed by atoms with Crippen LogP contribution in [0.4, 0.5) is 0 Å². The van der Waals surface area contributed by atoms with Gasteiger partial charge < -0.3 is 14.8 Å². The minimum atomic E-state index is 0.554. The van der Waals surface area contributed by atoms with Gasteiger partial charge in [-0.15, -0.1) is 0 Å². The molecule has 0 spiro atoms. The van der Waals surface area contributed by atoms with Gasteiger partial charge in [0.2, 0.25) is 0 Å². The highest BCUT2D eigenvalue weighted by atomic mass is 35.5. The normalized spacial score (nSPS) is 10.7. The van der Waals surface area contributed by atoms with Gasteiger partial charge in [0.25, 0.3) is 0 Å². The number of hydrogen-bond donors (Lipinski definition) is 1. The monoisotopic (exact) mass is 333 g/mol. The highest BCUT2D eigenvalue weighted by Crippen LogP contribution is 2.24. The Hall–Kier alpha value is -1.55. The summed E-state index contributed by atoms with van der Waals surface area (Å²) < 4.78 is 11.0. The summed E-state index contributed by atoms with van der Waals surface area (Å²) in [5.41, 5.74) is 3.48. The average Bonchev–Trinajstić information content (AvgIpc) is 2.55. The van der Waals surface area contributed by atoms with Crippen LogP contribution in [0.1, 0.15) is 23.1 Å². The van der Waals surface area contributed by atoms with Crippen LogP contribution in [0, 0.1) is 6.92 Å². The van der Waals surface area contributed by atoms with Crippen molar-refractivity contribution in [1.82, 2.24) is 5.32 Å². The van der Waals surface area contributed by atoms with Gasteiger partial charge in [-0.2, -0.15) is 0 Å². The first-order valence-electron chi connectivity index (χ1n) is 7.85. The van der Waals surface area contributed by atoms with E-state index in [0.717, 1.165) is 48.0 Å². The van der Waals surface area contributed by atoms with Crippen LogP contribution >= 0.6 is 11.6 Å². The van der Waals surface area contributed by atoms with Crippen molar-refractivity contribution in [3.8, 4) is 5.75 Å². The summed E-state index contributed by atoms with van der Waals surface area (Å²) in [6.45, 7) is 5.03. The van der Waals surface area contributed by atoms with Gasteiger partial charge in [-0.3, -0.25) is 0 Å². The Morgan fingerprint density at radius 3 is 2.61 bits per heavy atom. The lowest BCUT2D eigenvalue weighted by atomic mass is 10.1. The molecule has 1 N–H and O–H groups in total. The fourth-order valence-electron chi connectivity index (χ4n) is 2.24. The third-order valence-corrected chi connectivity index (χ3v) is 3.79. The lowest BCUT2D eigenvalue weighted by molar-refractivity contribution is 0.194. The first kappa shape index (κ1) is 17.8. The van der Waals surface area contributed by atoms with Crippen LogP contribution in [0.25, 0.3) is 0 Å². The van der Waals surface area contributed by atoms with E-state index in [9.17, 15) is 0 Å². The number of hydrogen-bond acceptors (Lipinski definition) is 3.